The fraction of sp³-hybridized carbons (Fsp3) is 0.458. The molecule has 0 bridgehead atoms. The predicted molar refractivity (Wildman–Crippen MR) is 122 cm³/mol. The van der Waals surface area contributed by atoms with Gasteiger partial charge in [-0.15, -0.1) is 0 Å². The molecule has 1 spiro atoms. The number of hydrazone groups is 1. The smallest absolute Gasteiger partial charge is 0.200 e. The second kappa shape index (κ2) is 7.57. The van der Waals surface area contributed by atoms with Crippen molar-refractivity contribution in [1.29, 1.82) is 0 Å². The highest BCUT2D eigenvalue weighted by molar-refractivity contribution is 9.10. The molecule has 158 valence electrons. The number of likely N-dealkylation sites (tertiary alicyclic amines) is 1. The molecule has 1 atom stereocenters. The van der Waals surface area contributed by atoms with Crippen molar-refractivity contribution in [3.63, 3.8) is 0 Å². The van der Waals surface area contributed by atoms with Crippen LogP contribution in [0.15, 0.2) is 52.0 Å². The van der Waals surface area contributed by atoms with Crippen molar-refractivity contribution in [2.75, 3.05) is 20.2 Å². The van der Waals surface area contributed by atoms with E-state index in [1.165, 1.54) is 5.56 Å². The molecule has 1 fully saturated rings. The number of ether oxygens (including phenoxy) is 2. The number of benzene rings is 2. The van der Waals surface area contributed by atoms with Gasteiger partial charge in [-0.2, -0.15) is 5.10 Å². The lowest BCUT2D eigenvalue weighted by Crippen LogP contribution is -2.59. The summed E-state index contributed by atoms with van der Waals surface area (Å²) in [6, 6.07) is 15.4. The Bertz CT molecular complexity index is 965. The van der Waals surface area contributed by atoms with Gasteiger partial charge in [-0.3, -0.25) is 0 Å². The summed E-state index contributed by atoms with van der Waals surface area (Å²) in [6.07, 6.45) is 2.79. The first-order valence-electron chi connectivity index (χ1n) is 10.7. The predicted octanol–water partition coefficient (Wildman–Crippen LogP) is 5.20. The molecule has 2 aromatic rings. The molecular weight excluding hydrogens is 442 g/mol. The molecule has 3 aliphatic heterocycles. The Labute approximate surface area is 186 Å². The molecule has 0 amide bonds. The number of hydrogen-bond acceptors (Lipinski definition) is 5. The summed E-state index contributed by atoms with van der Waals surface area (Å²) in [5.74, 6) is 1.87. The van der Waals surface area contributed by atoms with E-state index in [2.05, 4.69) is 70.0 Å². The van der Waals surface area contributed by atoms with Gasteiger partial charge in [0.05, 0.1) is 18.9 Å². The van der Waals surface area contributed by atoms with Gasteiger partial charge in [-0.25, -0.2) is 5.01 Å². The van der Waals surface area contributed by atoms with E-state index in [1.54, 1.807) is 7.11 Å². The maximum Gasteiger partial charge on any atom is 0.200 e. The molecule has 2 aromatic carbocycles. The molecule has 0 saturated carbocycles. The summed E-state index contributed by atoms with van der Waals surface area (Å²) in [5, 5.41) is 7.44. The molecule has 0 radical (unpaired) electrons. The highest BCUT2D eigenvalue weighted by Crippen LogP contribution is 2.50. The van der Waals surface area contributed by atoms with E-state index >= 15 is 0 Å². The van der Waals surface area contributed by atoms with Crippen molar-refractivity contribution in [2.24, 2.45) is 5.10 Å². The molecule has 3 aliphatic rings. The molecule has 5 nitrogen and oxygen atoms in total. The zero-order valence-corrected chi connectivity index (χ0v) is 19.4. The third kappa shape index (κ3) is 3.30. The Morgan fingerprint density at radius 3 is 2.53 bits per heavy atom. The number of rotatable bonds is 3. The molecule has 0 aliphatic carbocycles. The zero-order chi connectivity index (χ0) is 20.9. The fourth-order valence-corrected chi connectivity index (χ4v) is 5.31. The van der Waals surface area contributed by atoms with Crippen LogP contribution in [0.2, 0.25) is 0 Å². The van der Waals surface area contributed by atoms with E-state index < -0.39 is 0 Å². The molecule has 5 rings (SSSR count). The summed E-state index contributed by atoms with van der Waals surface area (Å²) in [7, 11) is 1.70. The number of nitrogens with zero attached hydrogens (tertiary/aromatic N) is 3. The van der Waals surface area contributed by atoms with Crippen LogP contribution in [0.25, 0.3) is 0 Å². The van der Waals surface area contributed by atoms with Crippen LogP contribution in [0.1, 0.15) is 50.3 Å². The van der Waals surface area contributed by atoms with Gasteiger partial charge in [0, 0.05) is 48.4 Å². The van der Waals surface area contributed by atoms with Gasteiger partial charge in [0.15, 0.2) is 0 Å². The topological polar surface area (TPSA) is 37.3 Å². The van der Waals surface area contributed by atoms with Crippen LogP contribution in [-0.2, 0) is 0 Å². The first-order chi connectivity index (χ1) is 14.5. The molecule has 1 saturated heterocycles. The maximum atomic E-state index is 6.73. The van der Waals surface area contributed by atoms with E-state index in [0.29, 0.717) is 6.04 Å². The molecule has 0 unspecified atom stereocenters. The fourth-order valence-electron chi connectivity index (χ4n) is 4.93. The van der Waals surface area contributed by atoms with Gasteiger partial charge >= 0.3 is 0 Å². The van der Waals surface area contributed by atoms with E-state index in [-0.39, 0.29) is 11.8 Å². The Hall–Kier alpha value is -2.05. The third-order valence-corrected chi connectivity index (χ3v) is 7.18. The minimum atomic E-state index is -0.370. The summed E-state index contributed by atoms with van der Waals surface area (Å²) >= 11 is 3.64. The van der Waals surface area contributed by atoms with Gasteiger partial charge in [0.2, 0.25) is 5.72 Å². The highest BCUT2D eigenvalue weighted by Gasteiger charge is 2.52. The second-order valence-corrected chi connectivity index (χ2v) is 9.62. The number of methoxy groups -OCH3 is 1. The highest BCUT2D eigenvalue weighted by atomic mass is 79.9. The Morgan fingerprint density at radius 2 is 1.87 bits per heavy atom. The van der Waals surface area contributed by atoms with Gasteiger partial charge < -0.3 is 14.4 Å². The normalized spacial score (nSPS) is 22.5. The van der Waals surface area contributed by atoms with Crippen LogP contribution < -0.4 is 9.47 Å². The average molecular weight is 470 g/mol. The number of hydrogen-bond donors (Lipinski definition) is 0. The van der Waals surface area contributed by atoms with Crippen LogP contribution in [-0.4, -0.2) is 47.6 Å². The Kier molecular flexibility index (Phi) is 5.02. The quantitative estimate of drug-likeness (QED) is 0.618. The minimum absolute atomic E-state index is 0.203. The molecule has 0 aromatic heterocycles. The van der Waals surface area contributed by atoms with Gasteiger partial charge in [0.1, 0.15) is 11.5 Å². The molecule has 30 heavy (non-hydrogen) atoms. The van der Waals surface area contributed by atoms with Crippen LogP contribution in [0, 0.1) is 0 Å². The van der Waals surface area contributed by atoms with Gasteiger partial charge in [0.25, 0.3) is 0 Å². The lowest BCUT2D eigenvalue weighted by Gasteiger charge is -2.51. The van der Waals surface area contributed by atoms with Crippen molar-refractivity contribution in [2.45, 2.75) is 50.9 Å². The lowest BCUT2D eigenvalue weighted by molar-refractivity contribution is -0.152. The summed E-state index contributed by atoms with van der Waals surface area (Å²) in [6.45, 7) is 6.59. The monoisotopic (exact) mass is 469 g/mol. The Morgan fingerprint density at radius 1 is 1.13 bits per heavy atom. The number of piperidine rings is 1. The number of fused-ring (bicyclic) bond motifs is 4. The van der Waals surface area contributed by atoms with Gasteiger partial charge in [-0.05, 0) is 61.9 Å². The average Bonchev–Trinajstić information content (AvgIpc) is 3.22. The van der Waals surface area contributed by atoms with E-state index in [9.17, 15) is 0 Å². The molecular formula is C24H28BrN3O2. The summed E-state index contributed by atoms with van der Waals surface area (Å²) in [5.41, 5.74) is 3.11. The first kappa shape index (κ1) is 19.9. The largest absolute Gasteiger partial charge is 0.497 e. The summed E-state index contributed by atoms with van der Waals surface area (Å²) < 4.78 is 13.1. The van der Waals surface area contributed by atoms with Crippen molar-refractivity contribution in [3.8, 4) is 11.5 Å². The maximum absolute atomic E-state index is 6.73. The summed E-state index contributed by atoms with van der Waals surface area (Å²) in [4.78, 5) is 2.53. The van der Waals surface area contributed by atoms with Crippen LogP contribution in [0.4, 0.5) is 0 Å². The first-order valence-corrected chi connectivity index (χ1v) is 11.5. The van der Waals surface area contributed by atoms with Crippen LogP contribution in [0.5, 0.6) is 11.5 Å². The van der Waals surface area contributed by atoms with Gasteiger partial charge in [-0.1, -0.05) is 15.9 Å². The van der Waals surface area contributed by atoms with Crippen molar-refractivity contribution in [3.05, 3.63) is 58.1 Å². The van der Waals surface area contributed by atoms with E-state index in [0.717, 1.165) is 59.6 Å². The Balaban J connectivity index is 1.52. The zero-order valence-electron chi connectivity index (χ0n) is 17.8. The third-order valence-electron chi connectivity index (χ3n) is 6.69. The van der Waals surface area contributed by atoms with E-state index in [4.69, 9.17) is 14.6 Å². The second-order valence-electron chi connectivity index (χ2n) is 8.70. The van der Waals surface area contributed by atoms with Crippen molar-refractivity contribution < 1.29 is 9.47 Å². The number of halogens is 1. The lowest BCUT2D eigenvalue weighted by atomic mass is 9.90. The van der Waals surface area contributed by atoms with Crippen LogP contribution >= 0.6 is 15.9 Å². The standard InChI is InChI=1S/C24H28BrN3O2/c1-16(2)27-12-10-24(11-13-27)28-22(20-14-18(25)6-9-23(20)30-24)15-21(26-28)17-4-7-19(29-3)8-5-17/h4-9,14,16,22H,10-13,15H2,1-3H3/t22-/m0/s1. The molecule has 6 heteroatoms. The van der Waals surface area contributed by atoms with E-state index in [1.807, 2.05) is 12.1 Å². The molecule has 3 heterocycles. The van der Waals surface area contributed by atoms with Crippen LogP contribution in [0.3, 0.4) is 0 Å². The molecule has 0 N–H and O–H groups in total. The minimum Gasteiger partial charge on any atom is -0.497 e. The SMILES string of the molecule is COc1ccc(C2=NN3[C@@H](C2)c2cc(Br)ccc2OC32CCN(C(C)C)CC2)cc1. The van der Waals surface area contributed by atoms with Crippen molar-refractivity contribution >= 4 is 21.6 Å². The van der Waals surface area contributed by atoms with Crippen molar-refractivity contribution in [1.82, 2.24) is 9.91 Å².